The highest BCUT2D eigenvalue weighted by atomic mass is 79.9. The molecular formula is C16H20BrCl2N3O2. The summed E-state index contributed by atoms with van der Waals surface area (Å²) in [6, 6.07) is 10.8. The van der Waals surface area contributed by atoms with Gasteiger partial charge < -0.3 is 15.4 Å². The number of likely N-dealkylation sites (N-methyl/N-ethyl adjacent to an activating group) is 1. The first-order chi connectivity index (χ1) is 10.5. The molecule has 0 bridgehead atoms. The summed E-state index contributed by atoms with van der Waals surface area (Å²) in [5.41, 5.74) is 6.08. The summed E-state index contributed by atoms with van der Waals surface area (Å²) < 4.78 is 6.60. The third-order valence-electron chi connectivity index (χ3n) is 3.34. The van der Waals surface area contributed by atoms with E-state index in [0.29, 0.717) is 23.7 Å². The van der Waals surface area contributed by atoms with Crippen molar-refractivity contribution in [1.82, 2.24) is 9.88 Å². The van der Waals surface area contributed by atoms with Crippen LogP contribution in [-0.2, 0) is 0 Å². The Kier molecular flexibility index (Phi) is 9.92. The smallest absolute Gasteiger partial charge is 0.255 e. The third kappa shape index (κ3) is 5.94. The highest BCUT2D eigenvalue weighted by molar-refractivity contribution is 9.10. The van der Waals surface area contributed by atoms with Crippen LogP contribution in [0.1, 0.15) is 17.3 Å². The number of aromatic nitrogens is 1. The van der Waals surface area contributed by atoms with Gasteiger partial charge in [-0.05, 0) is 37.3 Å². The molecule has 0 aliphatic heterocycles. The van der Waals surface area contributed by atoms with Crippen molar-refractivity contribution in [2.75, 3.05) is 13.6 Å². The molecule has 1 amide bonds. The van der Waals surface area contributed by atoms with Crippen LogP contribution < -0.4 is 10.5 Å². The average Bonchev–Trinajstić information content (AvgIpc) is 2.55. The second kappa shape index (κ2) is 10.5. The number of hydrogen-bond acceptors (Lipinski definition) is 4. The molecule has 132 valence electrons. The maximum atomic E-state index is 12.2. The minimum Gasteiger partial charge on any atom is -0.439 e. The molecule has 1 unspecified atom stereocenters. The van der Waals surface area contributed by atoms with Crippen molar-refractivity contribution < 1.29 is 9.53 Å². The first kappa shape index (κ1) is 22.7. The number of rotatable bonds is 5. The van der Waals surface area contributed by atoms with E-state index in [4.69, 9.17) is 10.5 Å². The summed E-state index contributed by atoms with van der Waals surface area (Å²) in [4.78, 5) is 18.0. The van der Waals surface area contributed by atoms with Crippen LogP contribution in [-0.4, -0.2) is 35.4 Å². The molecular weight excluding hydrogens is 417 g/mol. The van der Waals surface area contributed by atoms with Gasteiger partial charge in [0.15, 0.2) is 0 Å². The summed E-state index contributed by atoms with van der Waals surface area (Å²) in [7, 11) is 1.73. The van der Waals surface area contributed by atoms with Crippen LogP contribution >= 0.6 is 40.7 Å². The van der Waals surface area contributed by atoms with E-state index in [0.717, 1.165) is 4.47 Å². The van der Waals surface area contributed by atoms with Gasteiger partial charge in [0.05, 0.1) is 5.56 Å². The minimum absolute atomic E-state index is 0. The third-order valence-corrected chi connectivity index (χ3v) is 3.87. The molecule has 8 heteroatoms. The summed E-state index contributed by atoms with van der Waals surface area (Å²) in [5, 5.41) is 0. The standard InChI is InChI=1S/C16H18BrN3O2.2ClH/c1-11(9-18)20(2)16(21)12-3-8-15(19-10-12)22-14-6-4-13(17)5-7-14;;/h3-8,10-11H,9,18H2,1-2H3;2*1H. The van der Waals surface area contributed by atoms with Crippen molar-refractivity contribution in [1.29, 1.82) is 0 Å². The maximum absolute atomic E-state index is 12.2. The van der Waals surface area contributed by atoms with E-state index < -0.39 is 0 Å². The van der Waals surface area contributed by atoms with Gasteiger partial charge in [0.2, 0.25) is 5.88 Å². The molecule has 0 radical (unpaired) electrons. The van der Waals surface area contributed by atoms with E-state index in [2.05, 4.69) is 20.9 Å². The van der Waals surface area contributed by atoms with Gasteiger partial charge in [0.25, 0.3) is 5.91 Å². The van der Waals surface area contributed by atoms with Gasteiger partial charge >= 0.3 is 0 Å². The molecule has 24 heavy (non-hydrogen) atoms. The largest absolute Gasteiger partial charge is 0.439 e. The van der Waals surface area contributed by atoms with Gasteiger partial charge in [-0.25, -0.2) is 4.98 Å². The van der Waals surface area contributed by atoms with Crippen molar-refractivity contribution >= 4 is 46.7 Å². The number of nitrogens with two attached hydrogens (primary N) is 1. The Morgan fingerprint density at radius 3 is 2.38 bits per heavy atom. The lowest BCUT2D eigenvalue weighted by Gasteiger charge is -2.23. The Morgan fingerprint density at radius 2 is 1.88 bits per heavy atom. The summed E-state index contributed by atoms with van der Waals surface area (Å²) in [5.74, 6) is 1.01. The molecule has 0 aliphatic carbocycles. The van der Waals surface area contributed by atoms with Crippen LogP contribution in [0.15, 0.2) is 47.1 Å². The molecule has 1 aromatic heterocycles. The summed E-state index contributed by atoms with van der Waals surface area (Å²) >= 11 is 3.37. The zero-order valence-corrected chi connectivity index (χ0v) is 16.5. The summed E-state index contributed by atoms with van der Waals surface area (Å²) in [6.45, 7) is 2.32. The molecule has 1 aromatic carbocycles. The van der Waals surface area contributed by atoms with Crippen LogP contribution in [0.25, 0.3) is 0 Å². The van der Waals surface area contributed by atoms with Gasteiger partial charge in [-0.3, -0.25) is 4.79 Å². The predicted molar refractivity (Wildman–Crippen MR) is 104 cm³/mol. The Labute approximate surface area is 162 Å². The fourth-order valence-corrected chi connectivity index (χ4v) is 2.02. The lowest BCUT2D eigenvalue weighted by Crippen LogP contribution is -2.39. The van der Waals surface area contributed by atoms with Gasteiger partial charge in [-0.15, -0.1) is 24.8 Å². The van der Waals surface area contributed by atoms with E-state index in [1.54, 1.807) is 24.1 Å². The molecule has 0 saturated heterocycles. The molecule has 0 aliphatic rings. The van der Waals surface area contributed by atoms with Gasteiger partial charge in [-0.1, -0.05) is 15.9 Å². The van der Waals surface area contributed by atoms with Crippen LogP contribution in [0, 0.1) is 0 Å². The average molecular weight is 437 g/mol. The second-order valence-electron chi connectivity index (χ2n) is 4.94. The number of pyridine rings is 1. The highest BCUT2D eigenvalue weighted by Gasteiger charge is 2.16. The molecule has 2 N–H and O–H groups in total. The van der Waals surface area contributed by atoms with E-state index in [1.165, 1.54) is 6.20 Å². The zero-order valence-electron chi connectivity index (χ0n) is 13.3. The molecule has 2 rings (SSSR count). The first-order valence-electron chi connectivity index (χ1n) is 6.88. The fourth-order valence-electron chi connectivity index (χ4n) is 1.75. The summed E-state index contributed by atoms with van der Waals surface area (Å²) in [6.07, 6.45) is 1.51. The molecule has 1 atom stereocenters. The maximum Gasteiger partial charge on any atom is 0.255 e. The second-order valence-corrected chi connectivity index (χ2v) is 5.86. The van der Waals surface area contributed by atoms with Crippen molar-refractivity contribution in [2.45, 2.75) is 13.0 Å². The number of amides is 1. The van der Waals surface area contributed by atoms with E-state index >= 15 is 0 Å². The van der Waals surface area contributed by atoms with E-state index in [1.807, 2.05) is 31.2 Å². The fraction of sp³-hybridized carbons (Fsp3) is 0.250. The lowest BCUT2D eigenvalue weighted by molar-refractivity contribution is 0.0748. The highest BCUT2D eigenvalue weighted by Crippen LogP contribution is 2.22. The lowest BCUT2D eigenvalue weighted by atomic mass is 10.2. The van der Waals surface area contributed by atoms with Crippen LogP contribution in [0.3, 0.4) is 0 Å². The predicted octanol–water partition coefficient (Wildman–Crippen LogP) is 3.90. The molecule has 1 heterocycles. The van der Waals surface area contributed by atoms with Crippen LogP contribution in [0.5, 0.6) is 11.6 Å². The monoisotopic (exact) mass is 435 g/mol. The van der Waals surface area contributed by atoms with Crippen molar-refractivity contribution in [3.8, 4) is 11.6 Å². The number of benzene rings is 1. The SMILES string of the molecule is CC(CN)N(C)C(=O)c1ccc(Oc2ccc(Br)cc2)nc1.Cl.Cl. The van der Waals surface area contributed by atoms with E-state index in [-0.39, 0.29) is 36.8 Å². The van der Waals surface area contributed by atoms with Gasteiger partial charge in [-0.2, -0.15) is 0 Å². The molecule has 0 fully saturated rings. The van der Waals surface area contributed by atoms with E-state index in [9.17, 15) is 4.79 Å². The number of carbonyl (C=O) groups excluding carboxylic acids is 1. The minimum atomic E-state index is -0.111. The number of ether oxygens (including phenoxy) is 1. The Hall–Kier alpha value is -1.34. The van der Waals surface area contributed by atoms with Gasteiger partial charge in [0.1, 0.15) is 5.75 Å². The quantitative estimate of drug-likeness (QED) is 0.771. The Bertz CT molecular complexity index is 639. The molecule has 2 aromatic rings. The topological polar surface area (TPSA) is 68.5 Å². The first-order valence-corrected chi connectivity index (χ1v) is 7.67. The van der Waals surface area contributed by atoms with Crippen molar-refractivity contribution in [2.24, 2.45) is 5.73 Å². The molecule has 0 spiro atoms. The number of hydrogen-bond donors (Lipinski definition) is 1. The van der Waals surface area contributed by atoms with Crippen molar-refractivity contribution in [3.63, 3.8) is 0 Å². The Balaban J connectivity index is 0.00000264. The van der Waals surface area contributed by atoms with Crippen LogP contribution in [0.2, 0.25) is 0 Å². The molecule has 0 saturated carbocycles. The molecule has 5 nitrogen and oxygen atoms in total. The number of halogens is 3. The number of carbonyl (C=O) groups is 1. The normalized spacial score (nSPS) is 10.8. The van der Waals surface area contributed by atoms with Crippen LogP contribution in [0.4, 0.5) is 0 Å². The Morgan fingerprint density at radius 1 is 1.25 bits per heavy atom. The number of nitrogens with zero attached hydrogens (tertiary/aromatic N) is 2. The zero-order chi connectivity index (χ0) is 16.1. The van der Waals surface area contributed by atoms with Gasteiger partial charge in [0, 0.05) is 36.4 Å². The van der Waals surface area contributed by atoms with Crippen molar-refractivity contribution in [3.05, 3.63) is 52.6 Å².